The molecular weight excluding hydrogens is 476 g/mol. The third-order valence-electron chi connectivity index (χ3n) is 5.82. The first kappa shape index (κ1) is 25.5. The standard InChI is InChI=1S/C27H28N4O6/c1-4-37-21-10-6-5-8-19(21)29-24(32)17-31-20-9-7-14-28-25(20)26(33)30(27(31)34)15-13-18-11-12-22(35-2)23(16-18)36-3/h5-12,14,16H,4,13,15,17H2,1-3H3,(H,29,32). The molecule has 2 aromatic heterocycles. The molecule has 1 amide bonds. The fourth-order valence-electron chi connectivity index (χ4n) is 4.05. The third kappa shape index (κ3) is 5.48. The van der Waals surface area contributed by atoms with Crippen molar-refractivity contribution in [2.75, 3.05) is 26.1 Å². The zero-order chi connectivity index (χ0) is 26.4. The minimum Gasteiger partial charge on any atom is -0.493 e. The number of hydrogen-bond donors (Lipinski definition) is 1. The lowest BCUT2D eigenvalue weighted by molar-refractivity contribution is -0.116. The number of nitrogens with zero attached hydrogens (tertiary/aromatic N) is 3. The Morgan fingerprint density at radius 3 is 2.49 bits per heavy atom. The molecule has 0 radical (unpaired) electrons. The smallest absolute Gasteiger partial charge is 0.332 e. The molecule has 10 nitrogen and oxygen atoms in total. The second-order valence-corrected chi connectivity index (χ2v) is 8.11. The summed E-state index contributed by atoms with van der Waals surface area (Å²) in [5.41, 5.74) is 0.622. The van der Waals surface area contributed by atoms with Crippen LogP contribution in [0.25, 0.3) is 11.0 Å². The summed E-state index contributed by atoms with van der Waals surface area (Å²) in [4.78, 5) is 43.8. The number of hydrogen-bond acceptors (Lipinski definition) is 7. The molecule has 0 saturated heterocycles. The first-order chi connectivity index (χ1) is 18.0. The number of aromatic nitrogens is 3. The van der Waals surface area contributed by atoms with E-state index in [1.165, 1.54) is 17.9 Å². The average Bonchev–Trinajstić information content (AvgIpc) is 2.92. The van der Waals surface area contributed by atoms with Crippen LogP contribution < -0.4 is 30.8 Å². The highest BCUT2D eigenvalue weighted by Gasteiger charge is 2.17. The van der Waals surface area contributed by atoms with Gasteiger partial charge in [0.15, 0.2) is 17.0 Å². The van der Waals surface area contributed by atoms with Gasteiger partial charge >= 0.3 is 5.69 Å². The number of carbonyl (C=O) groups is 1. The lowest BCUT2D eigenvalue weighted by Gasteiger charge is -2.15. The van der Waals surface area contributed by atoms with Gasteiger partial charge in [-0.15, -0.1) is 0 Å². The van der Waals surface area contributed by atoms with Crippen LogP contribution in [0, 0.1) is 0 Å². The maximum absolute atomic E-state index is 13.5. The molecule has 4 aromatic rings. The molecule has 0 unspecified atom stereocenters. The highest BCUT2D eigenvalue weighted by Crippen LogP contribution is 2.28. The summed E-state index contributed by atoms with van der Waals surface area (Å²) in [5, 5.41) is 2.79. The van der Waals surface area contributed by atoms with Gasteiger partial charge < -0.3 is 19.5 Å². The Morgan fingerprint density at radius 1 is 0.946 bits per heavy atom. The SMILES string of the molecule is CCOc1ccccc1NC(=O)Cn1c(=O)n(CCc2ccc(OC)c(OC)c2)c(=O)c2ncccc21. The number of ether oxygens (including phenoxy) is 3. The van der Waals surface area contributed by atoms with Gasteiger partial charge in [-0.1, -0.05) is 18.2 Å². The zero-order valence-corrected chi connectivity index (χ0v) is 20.9. The first-order valence-corrected chi connectivity index (χ1v) is 11.8. The van der Waals surface area contributed by atoms with E-state index in [-0.39, 0.29) is 24.1 Å². The Balaban J connectivity index is 1.66. The largest absolute Gasteiger partial charge is 0.493 e. The molecule has 0 fully saturated rings. The number of para-hydroxylation sites is 2. The highest BCUT2D eigenvalue weighted by molar-refractivity contribution is 5.92. The second-order valence-electron chi connectivity index (χ2n) is 8.11. The number of rotatable bonds is 10. The van der Waals surface area contributed by atoms with Crippen molar-refractivity contribution in [1.82, 2.24) is 14.1 Å². The van der Waals surface area contributed by atoms with Crippen LogP contribution in [-0.2, 0) is 24.3 Å². The van der Waals surface area contributed by atoms with Crippen LogP contribution in [0.4, 0.5) is 5.69 Å². The molecule has 0 spiro atoms. The van der Waals surface area contributed by atoms with Gasteiger partial charge in [0.05, 0.1) is 32.0 Å². The van der Waals surface area contributed by atoms with Crippen molar-refractivity contribution >= 4 is 22.6 Å². The minimum atomic E-state index is -0.598. The van der Waals surface area contributed by atoms with E-state index in [1.807, 2.05) is 13.0 Å². The quantitative estimate of drug-likeness (QED) is 0.353. The topological polar surface area (TPSA) is 114 Å². The molecule has 0 aliphatic heterocycles. The number of anilines is 1. The number of benzene rings is 2. The van der Waals surface area contributed by atoms with Crippen molar-refractivity contribution in [3.05, 3.63) is 87.2 Å². The first-order valence-electron chi connectivity index (χ1n) is 11.8. The number of amides is 1. The van der Waals surface area contributed by atoms with Crippen LogP contribution in [0.3, 0.4) is 0 Å². The summed E-state index contributed by atoms with van der Waals surface area (Å²) >= 11 is 0. The molecule has 10 heteroatoms. The molecule has 37 heavy (non-hydrogen) atoms. The number of aryl methyl sites for hydroxylation is 1. The number of fused-ring (bicyclic) bond motifs is 1. The van der Waals surface area contributed by atoms with E-state index in [0.717, 1.165) is 10.1 Å². The van der Waals surface area contributed by atoms with Crippen LogP contribution >= 0.6 is 0 Å². The van der Waals surface area contributed by atoms with Crippen LogP contribution in [0.1, 0.15) is 12.5 Å². The lowest BCUT2D eigenvalue weighted by atomic mass is 10.1. The molecule has 0 saturated carbocycles. The molecule has 4 rings (SSSR count). The number of pyridine rings is 1. The predicted octanol–water partition coefficient (Wildman–Crippen LogP) is 2.86. The monoisotopic (exact) mass is 504 g/mol. The van der Waals surface area contributed by atoms with Crippen molar-refractivity contribution in [3.63, 3.8) is 0 Å². The van der Waals surface area contributed by atoms with Crippen molar-refractivity contribution in [1.29, 1.82) is 0 Å². The van der Waals surface area contributed by atoms with E-state index in [2.05, 4.69) is 10.3 Å². The summed E-state index contributed by atoms with van der Waals surface area (Å²) < 4.78 is 18.5. The fraction of sp³-hybridized carbons (Fsp3) is 0.259. The van der Waals surface area contributed by atoms with Crippen molar-refractivity contribution in [3.8, 4) is 17.2 Å². The normalized spacial score (nSPS) is 10.8. The van der Waals surface area contributed by atoms with Gasteiger partial charge in [0.1, 0.15) is 12.3 Å². The van der Waals surface area contributed by atoms with Gasteiger partial charge in [0, 0.05) is 12.7 Å². The van der Waals surface area contributed by atoms with Gasteiger partial charge in [0.2, 0.25) is 5.91 Å². The molecule has 1 N–H and O–H groups in total. The molecule has 192 valence electrons. The number of methoxy groups -OCH3 is 2. The summed E-state index contributed by atoms with van der Waals surface area (Å²) in [6.07, 6.45) is 1.86. The Morgan fingerprint density at radius 2 is 1.73 bits per heavy atom. The zero-order valence-electron chi connectivity index (χ0n) is 20.9. The van der Waals surface area contributed by atoms with Crippen LogP contribution in [0.15, 0.2) is 70.4 Å². The molecule has 0 aliphatic rings. The predicted molar refractivity (Wildman–Crippen MR) is 140 cm³/mol. The van der Waals surface area contributed by atoms with Crippen molar-refractivity contribution < 1.29 is 19.0 Å². The molecule has 0 atom stereocenters. The Kier molecular flexibility index (Phi) is 7.87. The Labute approximate surface area is 213 Å². The van der Waals surface area contributed by atoms with Crippen molar-refractivity contribution in [2.24, 2.45) is 0 Å². The summed E-state index contributed by atoms with van der Waals surface area (Å²) in [6, 6.07) is 15.7. The fourth-order valence-corrected chi connectivity index (χ4v) is 4.05. The Hall–Kier alpha value is -4.60. The lowest BCUT2D eigenvalue weighted by Crippen LogP contribution is -2.42. The summed E-state index contributed by atoms with van der Waals surface area (Å²) in [6.45, 7) is 2.07. The van der Waals surface area contributed by atoms with Crippen molar-refractivity contribution in [2.45, 2.75) is 26.4 Å². The van der Waals surface area contributed by atoms with Gasteiger partial charge in [0.25, 0.3) is 5.56 Å². The number of carbonyl (C=O) groups excluding carboxylic acids is 1. The van der Waals surface area contributed by atoms with Gasteiger partial charge in [-0.2, -0.15) is 0 Å². The third-order valence-corrected chi connectivity index (χ3v) is 5.82. The van der Waals surface area contributed by atoms with Gasteiger partial charge in [-0.3, -0.25) is 18.7 Å². The van der Waals surface area contributed by atoms with Crippen LogP contribution in [0.2, 0.25) is 0 Å². The summed E-state index contributed by atoms with van der Waals surface area (Å²) in [7, 11) is 3.09. The average molecular weight is 505 g/mol. The van der Waals surface area contributed by atoms with Crippen LogP contribution in [0.5, 0.6) is 17.2 Å². The van der Waals surface area contributed by atoms with E-state index >= 15 is 0 Å². The molecule has 2 aromatic carbocycles. The number of nitrogens with one attached hydrogen (secondary N) is 1. The maximum atomic E-state index is 13.5. The molecule has 0 bridgehead atoms. The van der Waals surface area contributed by atoms with E-state index in [9.17, 15) is 14.4 Å². The van der Waals surface area contributed by atoms with Crippen LogP contribution in [-0.4, -0.2) is 40.9 Å². The van der Waals surface area contributed by atoms with E-state index in [1.54, 1.807) is 55.6 Å². The maximum Gasteiger partial charge on any atom is 0.332 e. The Bertz CT molecular complexity index is 1540. The van der Waals surface area contributed by atoms with E-state index in [4.69, 9.17) is 14.2 Å². The minimum absolute atomic E-state index is 0.0917. The van der Waals surface area contributed by atoms with E-state index in [0.29, 0.717) is 36.0 Å². The van der Waals surface area contributed by atoms with Gasteiger partial charge in [-0.25, -0.2) is 9.78 Å². The van der Waals surface area contributed by atoms with Gasteiger partial charge in [-0.05, 0) is 55.3 Å². The molecular formula is C27H28N4O6. The van der Waals surface area contributed by atoms with E-state index < -0.39 is 17.2 Å². The summed E-state index contributed by atoms with van der Waals surface area (Å²) in [5.74, 6) is 1.22. The highest BCUT2D eigenvalue weighted by atomic mass is 16.5. The second kappa shape index (κ2) is 11.4. The molecule has 0 aliphatic carbocycles. The molecule has 2 heterocycles.